The molecule has 0 radical (unpaired) electrons. The Morgan fingerprint density at radius 3 is 2.71 bits per heavy atom. The van der Waals surface area contributed by atoms with Crippen molar-refractivity contribution >= 4 is 0 Å². The minimum atomic E-state index is -0.103. The van der Waals surface area contributed by atoms with E-state index in [0.717, 1.165) is 29.8 Å². The van der Waals surface area contributed by atoms with Crippen molar-refractivity contribution in [2.45, 2.75) is 25.7 Å². The van der Waals surface area contributed by atoms with E-state index >= 15 is 0 Å². The first kappa shape index (κ1) is 18.5. The van der Waals surface area contributed by atoms with Crippen LogP contribution < -0.4 is 9.47 Å². The van der Waals surface area contributed by atoms with Gasteiger partial charge in [0, 0.05) is 12.0 Å². The molecule has 0 bridgehead atoms. The third-order valence-corrected chi connectivity index (χ3v) is 4.81. The molecular formula is C22H24N2O4. The van der Waals surface area contributed by atoms with Crippen LogP contribution in [-0.4, -0.2) is 41.3 Å². The summed E-state index contributed by atoms with van der Waals surface area (Å²) in [6.45, 7) is 1.83. The lowest BCUT2D eigenvalue weighted by Gasteiger charge is -2.16. The molecule has 1 fully saturated rings. The van der Waals surface area contributed by atoms with Crippen molar-refractivity contribution in [2.75, 3.05) is 20.3 Å². The highest BCUT2D eigenvalue weighted by Gasteiger charge is 2.20. The maximum atomic E-state index is 9.58. The molecule has 1 aliphatic rings. The van der Waals surface area contributed by atoms with E-state index in [9.17, 15) is 5.11 Å². The van der Waals surface area contributed by atoms with Gasteiger partial charge in [-0.2, -0.15) is 5.10 Å². The summed E-state index contributed by atoms with van der Waals surface area (Å²) in [7, 11) is 1.64. The lowest BCUT2D eigenvalue weighted by atomic mass is 10.1. The van der Waals surface area contributed by atoms with Crippen LogP contribution in [0.15, 0.2) is 54.6 Å². The van der Waals surface area contributed by atoms with Gasteiger partial charge in [0.15, 0.2) is 11.5 Å². The standard InChI is InChI=1S/C22H24N2O4/c1-26-21-8-7-17(11-22(21)28-19-9-10-27-15-19)20-12-18(14-25)23-24(20)13-16-5-3-2-4-6-16/h2-8,11-12,19,25H,9-10,13-15H2,1H3/t19-/m1/s1. The summed E-state index contributed by atoms with van der Waals surface area (Å²) in [5, 5.41) is 14.1. The third kappa shape index (κ3) is 4.03. The molecule has 1 atom stereocenters. The van der Waals surface area contributed by atoms with Gasteiger partial charge in [0.25, 0.3) is 0 Å². The average molecular weight is 380 g/mol. The molecule has 4 rings (SSSR count). The van der Waals surface area contributed by atoms with Crippen molar-refractivity contribution in [3.63, 3.8) is 0 Å². The number of aliphatic hydroxyl groups excluding tert-OH is 1. The van der Waals surface area contributed by atoms with Gasteiger partial charge >= 0.3 is 0 Å². The zero-order valence-corrected chi connectivity index (χ0v) is 15.9. The fourth-order valence-electron chi connectivity index (χ4n) is 3.37. The molecule has 0 amide bonds. The van der Waals surface area contributed by atoms with Crippen LogP contribution in [0.3, 0.4) is 0 Å². The Kier molecular flexibility index (Phi) is 5.60. The Morgan fingerprint density at radius 2 is 2.00 bits per heavy atom. The molecular weight excluding hydrogens is 356 g/mol. The van der Waals surface area contributed by atoms with Crippen molar-refractivity contribution in [1.82, 2.24) is 9.78 Å². The van der Waals surface area contributed by atoms with E-state index in [4.69, 9.17) is 14.2 Å². The van der Waals surface area contributed by atoms with Crippen molar-refractivity contribution in [2.24, 2.45) is 0 Å². The molecule has 0 spiro atoms. The highest BCUT2D eigenvalue weighted by molar-refractivity contribution is 5.65. The predicted octanol–water partition coefficient (Wildman–Crippen LogP) is 3.27. The Balaban J connectivity index is 1.68. The lowest BCUT2D eigenvalue weighted by Crippen LogP contribution is -2.16. The molecule has 1 N–H and O–H groups in total. The Labute approximate surface area is 164 Å². The summed E-state index contributed by atoms with van der Waals surface area (Å²) in [4.78, 5) is 0. The molecule has 1 aromatic heterocycles. The number of methoxy groups -OCH3 is 1. The zero-order chi connectivity index (χ0) is 19.3. The maximum absolute atomic E-state index is 9.58. The minimum absolute atomic E-state index is 0.0337. The molecule has 2 aromatic carbocycles. The van der Waals surface area contributed by atoms with Crippen LogP contribution in [0.5, 0.6) is 11.5 Å². The summed E-state index contributed by atoms with van der Waals surface area (Å²) < 4.78 is 18.9. The second-order valence-corrected chi connectivity index (χ2v) is 6.79. The van der Waals surface area contributed by atoms with E-state index in [2.05, 4.69) is 17.2 Å². The molecule has 2 heterocycles. The lowest BCUT2D eigenvalue weighted by molar-refractivity contribution is 0.138. The smallest absolute Gasteiger partial charge is 0.162 e. The second-order valence-electron chi connectivity index (χ2n) is 6.79. The normalized spacial score (nSPS) is 16.3. The molecule has 1 saturated heterocycles. The number of rotatable bonds is 7. The first-order valence-corrected chi connectivity index (χ1v) is 9.41. The van der Waals surface area contributed by atoms with Crippen LogP contribution in [-0.2, 0) is 17.9 Å². The summed E-state index contributed by atoms with van der Waals surface area (Å²) in [5.41, 5.74) is 3.65. The highest BCUT2D eigenvalue weighted by atomic mass is 16.6. The number of benzene rings is 2. The summed E-state index contributed by atoms with van der Waals surface area (Å²) >= 11 is 0. The summed E-state index contributed by atoms with van der Waals surface area (Å²) in [6.07, 6.45) is 0.903. The van der Waals surface area contributed by atoms with Gasteiger partial charge in [-0.1, -0.05) is 30.3 Å². The predicted molar refractivity (Wildman–Crippen MR) is 106 cm³/mol. The number of hydrogen-bond acceptors (Lipinski definition) is 5. The van der Waals surface area contributed by atoms with E-state index in [-0.39, 0.29) is 12.7 Å². The van der Waals surface area contributed by atoms with Gasteiger partial charge in [0.2, 0.25) is 0 Å². The van der Waals surface area contributed by atoms with Gasteiger partial charge in [-0.25, -0.2) is 0 Å². The van der Waals surface area contributed by atoms with Crippen LogP contribution in [0.2, 0.25) is 0 Å². The SMILES string of the molecule is COc1ccc(-c2cc(CO)nn2Cc2ccccc2)cc1O[C@@H]1CCOC1. The largest absolute Gasteiger partial charge is 0.493 e. The monoisotopic (exact) mass is 380 g/mol. The summed E-state index contributed by atoms with van der Waals surface area (Å²) in [6, 6.07) is 17.9. The van der Waals surface area contributed by atoms with Gasteiger partial charge in [-0.3, -0.25) is 4.68 Å². The molecule has 1 aliphatic heterocycles. The molecule has 146 valence electrons. The first-order chi connectivity index (χ1) is 13.8. The topological polar surface area (TPSA) is 65.7 Å². The van der Waals surface area contributed by atoms with Gasteiger partial charge in [-0.05, 0) is 29.8 Å². The van der Waals surface area contributed by atoms with Crippen LogP contribution >= 0.6 is 0 Å². The third-order valence-electron chi connectivity index (χ3n) is 4.81. The minimum Gasteiger partial charge on any atom is -0.493 e. The fourth-order valence-corrected chi connectivity index (χ4v) is 3.37. The van der Waals surface area contributed by atoms with Gasteiger partial charge in [0.1, 0.15) is 6.10 Å². The summed E-state index contributed by atoms with van der Waals surface area (Å²) in [5.74, 6) is 1.38. The Hall–Kier alpha value is -2.83. The number of ether oxygens (including phenoxy) is 3. The quantitative estimate of drug-likeness (QED) is 0.682. The van der Waals surface area contributed by atoms with Crippen LogP contribution in [0.1, 0.15) is 17.7 Å². The van der Waals surface area contributed by atoms with Crippen molar-refractivity contribution < 1.29 is 19.3 Å². The van der Waals surface area contributed by atoms with Gasteiger partial charge < -0.3 is 19.3 Å². The Morgan fingerprint density at radius 1 is 1.14 bits per heavy atom. The molecule has 3 aromatic rings. The van der Waals surface area contributed by atoms with E-state index in [1.54, 1.807) is 7.11 Å². The number of nitrogens with zero attached hydrogens (tertiary/aromatic N) is 2. The zero-order valence-electron chi connectivity index (χ0n) is 15.9. The van der Waals surface area contributed by atoms with E-state index in [1.807, 2.05) is 47.1 Å². The number of hydrogen-bond donors (Lipinski definition) is 1. The van der Waals surface area contributed by atoms with Gasteiger partial charge in [0.05, 0.1) is 44.9 Å². The highest BCUT2D eigenvalue weighted by Crippen LogP contribution is 2.34. The molecule has 0 saturated carbocycles. The van der Waals surface area contributed by atoms with Gasteiger partial charge in [-0.15, -0.1) is 0 Å². The van der Waals surface area contributed by atoms with Crippen LogP contribution in [0, 0.1) is 0 Å². The van der Waals surface area contributed by atoms with E-state index < -0.39 is 0 Å². The van der Waals surface area contributed by atoms with E-state index in [1.165, 1.54) is 0 Å². The number of aromatic nitrogens is 2. The van der Waals surface area contributed by atoms with Crippen molar-refractivity contribution in [1.29, 1.82) is 0 Å². The molecule has 0 aliphatic carbocycles. The average Bonchev–Trinajstić information content (AvgIpc) is 3.38. The molecule has 6 heteroatoms. The Bertz CT molecular complexity index is 918. The maximum Gasteiger partial charge on any atom is 0.162 e. The van der Waals surface area contributed by atoms with Crippen molar-refractivity contribution in [3.8, 4) is 22.8 Å². The molecule has 0 unspecified atom stereocenters. The first-order valence-electron chi connectivity index (χ1n) is 9.41. The second kappa shape index (κ2) is 8.46. The van der Waals surface area contributed by atoms with E-state index in [0.29, 0.717) is 30.3 Å². The van der Waals surface area contributed by atoms with Crippen LogP contribution in [0.4, 0.5) is 0 Å². The fraction of sp³-hybridized carbons (Fsp3) is 0.318. The molecule has 6 nitrogen and oxygen atoms in total. The van der Waals surface area contributed by atoms with Crippen LogP contribution in [0.25, 0.3) is 11.3 Å². The number of aliphatic hydroxyl groups is 1. The molecule has 28 heavy (non-hydrogen) atoms. The van der Waals surface area contributed by atoms with Crippen molar-refractivity contribution in [3.05, 3.63) is 65.9 Å².